The summed E-state index contributed by atoms with van der Waals surface area (Å²) in [5.74, 6) is -1.15. The quantitative estimate of drug-likeness (QED) is 0.424. The van der Waals surface area contributed by atoms with Crippen LogP contribution in [0.3, 0.4) is 0 Å². The maximum absolute atomic E-state index is 13.2. The van der Waals surface area contributed by atoms with Gasteiger partial charge < -0.3 is 15.2 Å². The highest BCUT2D eigenvalue weighted by Crippen LogP contribution is 2.18. The summed E-state index contributed by atoms with van der Waals surface area (Å²) in [6.07, 6.45) is 0. The van der Waals surface area contributed by atoms with Gasteiger partial charge in [0.1, 0.15) is 5.75 Å². The van der Waals surface area contributed by atoms with Crippen molar-refractivity contribution >= 4 is 29.2 Å². The van der Waals surface area contributed by atoms with E-state index in [4.69, 9.17) is 11.6 Å². The minimum absolute atomic E-state index is 0.0256. The SMILES string of the molecule is COC(=O)C(C)Cn1c(=O)nc(Nc2ccc(O)cc2)n(Cc2ccc(Cl)cc2)c1=O. The highest BCUT2D eigenvalue weighted by Gasteiger charge is 2.20. The van der Waals surface area contributed by atoms with Crippen molar-refractivity contribution in [3.63, 3.8) is 0 Å². The lowest BCUT2D eigenvalue weighted by Gasteiger charge is -2.17. The fourth-order valence-electron chi connectivity index (χ4n) is 2.92. The molecule has 0 fully saturated rings. The third-order valence-electron chi connectivity index (χ3n) is 4.59. The third kappa shape index (κ3) is 5.32. The van der Waals surface area contributed by atoms with Crippen molar-refractivity contribution in [2.24, 2.45) is 5.92 Å². The van der Waals surface area contributed by atoms with E-state index in [1.54, 1.807) is 43.3 Å². The Hall–Kier alpha value is -3.59. The molecule has 0 amide bonds. The summed E-state index contributed by atoms with van der Waals surface area (Å²) in [4.78, 5) is 41.6. The first-order valence-corrected chi connectivity index (χ1v) is 9.76. The number of methoxy groups -OCH3 is 1. The predicted octanol–water partition coefficient (Wildman–Crippen LogP) is 2.37. The van der Waals surface area contributed by atoms with Crippen molar-refractivity contribution in [1.82, 2.24) is 14.1 Å². The number of nitrogens with one attached hydrogen (secondary N) is 1. The summed E-state index contributed by atoms with van der Waals surface area (Å²) in [6, 6.07) is 13.0. The monoisotopic (exact) mass is 444 g/mol. The molecule has 0 aliphatic heterocycles. The van der Waals surface area contributed by atoms with Gasteiger partial charge in [0, 0.05) is 17.3 Å². The summed E-state index contributed by atoms with van der Waals surface area (Å²) in [7, 11) is 1.24. The molecule has 31 heavy (non-hydrogen) atoms. The molecule has 10 heteroatoms. The number of carbonyl (C=O) groups excluding carboxylic acids is 1. The minimum Gasteiger partial charge on any atom is -0.508 e. The van der Waals surface area contributed by atoms with Crippen molar-refractivity contribution in [3.05, 3.63) is 80.1 Å². The van der Waals surface area contributed by atoms with E-state index in [1.807, 2.05) is 0 Å². The Kier molecular flexibility index (Phi) is 6.76. The summed E-state index contributed by atoms with van der Waals surface area (Å²) in [5, 5.41) is 13.0. The Morgan fingerprint density at radius 3 is 2.39 bits per heavy atom. The number of phenolic OH excluding ortho intramolecular Hbond substituents is 1. The predicted molar refractivity (Wildman–Crippen MR) is 116 cm³/mol. The molecule has 3 rings (SSSR count). The number of benzene rings is 2. The smallest absolute Gasteiger partial charge is 0.354 e. The molecule has 1 atom stereocenters. The molecule has 0 aliphatic rings. The first-order valence-electron chi connectivity index (χ1n) is 9.38. The molecule has 0 spiro atoms. The molecule has 0 radical (unpaired) electrons. The van der Waals surface area contributed by atoms with Crippen LogP contribution in [-0.2, 0) is 22.6 Å². The zero-order chi connectivity index (χ0) is 22.5. The van der Waals surface area contributed by atoms with Crippen LogP contribution in [0.1, 0.15) is 12.5 Å². The Morgan fingerprint density at radius 1 is 1.13 bits per heavy atom. The third-order valence-corrected chi connectivity index (χ3v) is 4.84. The largest absolute Gasteiger partial charge is 0.508 e. The molecule has 1 heterocycles. The summed E-state index contributed by atoms with van der Waals surface area (Å²) in [5.41, 5.74) is -0.149. The van der Waals surface area contributed by atoms with Crippen LogP contribution in [0.15, 0.2) is 58.1 Å². The van der Waals surface area contributed by atoms with Crippen molar-refractivity contribution in [2.75, 3.05) is 12.4 Å². The molecule has 1 aromatic heterocycles. The lowest BCUT2D eigenvalue weighted by Crippen LogP contribution is -2.44. The zero-order valence-corrected chi connectivity index (χ0v) is 17.7. The Morgan fingerprint density at radius 2 is 1.77 bits per heavy atom. The maximum Gasteiger partial charge on any atom is 0.354 e. The fourth-order valence-corrected chi connectivity index (χ4v) is 3.05. The van der Waals surface area contributed by atoms with Gasteiger partial charge >= 0.3 is 17.3 Å². The first-order chi connectivity index (χ1) is 14.8. The van der Waals surface area contributed by atoms with E-state index in [9.17, 15) is 19.5 Å². The average Bonchev–Trinajstić information content (AvgIpc) is 2.76. The second-order valence-corrected chi connectivity index (χ2v) is 7.36. The molecule has 0 aliphatic carbocycles. The van der Waals surface area contributed by atoms with Crippen LogP contribution >= 0.6 is 11.6 Å². The second kappa shape index (κ2) is 9.48. The van der Waals surface area contributed by atoms with Gasteiger partial charge in [-0.15, -0.1) is 0 Å². The van der Waals surface area contributed by atoms with Crippen LogP contribution in [0.5, 0.6) is 5.75 Å². The number of hydrogen-bond acceptors (Lipinski definition) is 7. The van der Waals surface area contributed by atoms with Crippen molar-refractivity contribution in [1.29, 1.82) is 0 Å². The number of nitrogens with zero attached hydrogens (tertiary/aromatic N) is 3. The standard InChI is InChI=1S/C21H21ClN4O5/c1-13(18(28)31-2)11-26-20(29)24-19(23-16-7-9-17(27)10-8-16)25(21(26)30)12-14-3-5-15(22)6-4-14/h3-10,13,27H,11-12H2,1-2H3,(H,23,24,29). The highest BCUT2D eigenvalue weighted by molar-refractivity contribution is 6.30. The second-order valence-electron chi connectivity index (χ2n) is 6.92. The highest BCUT2D eigenvalue weighted by atomic mass is 35.5. The van der Waals surface area contributed by atoms with Crippen LogP contribution in [0.4, 0.5) is 11.6 Å². The molecular weight excluding hydrogens is 424 g/mol. The molecule has 3 aromatic rings. The van der Waals surface area contributed by atoms with Crippen molar-refractivity contribution in [2.45, 2.75) is 20.0 Å². The van der Waals surface area contributed by atoms with E-state index in [0.717, 1.165) is 10.1 Å². The van der Waals surface area contributed by atoms with Gasteiger partial charge in [-0.05, 0) is 42.0 Å². The molecule has 9 nitrogen and oxygen atoms in total. The maximum atomic E-state index is 13.2. The van der Waals surface area contributed by atoms with Crippen LogP contribution in [-0.4, -0.2) is 32.3 Å². The number of carbonyl (C=O) groups is 1. The van der Waals surface area contributed by atoms with E-state index in [0.29, 0.717) is 10.7 Å². The minimum atomic E-state index is -0.797. The van der Waals surface area contributed by atoms with Crippen molar-refractivity contribution < 1.29 is 14.6 Å². The topological polar surface area (TPSA) is 115 Å². The number of phenols is 1. The summed E-state index contributed by atoms with van der Waals surface area (Å²) in [6.45, 7) is 1.50. The van der Waals surface area contributed by atoms with E-state index >= 15 is 0 Å². The number of rotatable bonds is 7. The van der Waals surface area contributed by atoms with Crippen LogP contribution in [0.2, 0.25) is 5.02 Å². The van der Waals surface area contributed by atoms with Gasteiger partial charge in [0.25, 0.3) is 0 Å². The molecule has 1 unspecified atom stereocenters. The number of esters is 1. The van der Waals surface area contributed by atoms with Crippen LogP contribution in [0, 0.1) is 5.92 Å². The molecule has 0 saturated carbocycles. The van der Waals surface area contributed by atoms with Gasteiger partial charge in [-0.1, -0.05) is 30.7 Å². The Balaban J connectivity index is 2.06. The van der Waals surface area contributed by atoms with Gasteiger partial charge in [0.05, 0.1) is 19.6 Å². The number of aromatic nitrogens is 3. The Labute approximate surface area is 182 Å². The summed E-state index contributed by atoms with van der Waals surface area (Å²) < 4.78 is 6.88. The van der Waals surface area contributed by atoms with Gasteiger partial charge in [0.15, 0.2) is 0 Å². The number of hydrogen-bond donors (Lipinski definition) is 2. The van der Waals surface area contributed by atoms with E-state index < -0.39 is 23.3 Å². The van der Waals surface area contributed by atoms with Crippen molar-refractivity contribution in [3.8, 4) is 5.75 Å². The lowest BCUT2D eigenvalue weighted by molar-refractivity contribution is -0.145. The molecule has 0 saturated heterocycles. The molecule has 0 bridgehead atoms. The molecule has 2 N–H and O–H groups in total. The Bertz CT molecular complexity index is 1190. The first kappa shape index (κ1) is 22.1. The molecule has 2 aromatic carbocycles. The normalized spacial score (nSPS) is 11.7. The molecule has 162 valence electrons. The number of aromatic hydroxyl groups is 1. The molecular formula is C21H21ClN4O5. The summed E-state index contributed by atoms with van der Waals surface area (Å²) >= 11 is 5.94. The van der Waals surface area contributed by atoms with Crippen LogP contribution < -0.4 is 16.7 Å². The van der Waals surface area contributed by atoms with Gasteiger partial charge in [-0.2, -0.15) is 4.98 Å². The van der Waals surface area contributed by atoms with Gasteiger partial charge in [-0.3, -0.25) is 9.36 Å². The number of halogens is 1. The zero-order valence-electron chi connectivity index (χ0n) is 16.9. The van der Waals surface area contributed by atoms with Crippen LogP contribution in [0.25, 0.3) is 0 Å². The van der Waals surface area contributed by atoms with E-state index in [1.165, 1.54) is 23.8 Å². The van der Waals surface area contributed by atoms with E-state index in [2.05, 4.69) is 15.0 Å². The average molecular weight is 445 g/mol. The van der Waals surface area contributed by atoms with Gasteiger partial charge in [0.2, 0.25) is 5.95 Å². The van der Waals surface area contributed by atoms with E-state index in [-0.39, 0.29) is 24.8 Å². The fraction of sp³-hybridized carbons (Fsp3) is 0.238. The number of ether oxygens (including phenoxy) is 1. The lowest BCUT2D eigenvalue weighted by atomic mass is 10.2. The van der Waals surface area contributed by atoms with Gasteiger partial charge in [-0.25, -0.2) is 14.2 Å². The number of anilines is 2.